The van der Waals surface area contributed by atoms with E-state index in [9.17, 15) is 0 Å². The molecule has 0 aliphatic heterocycles. The molecule has 1 aromatic carbocycles. The van der Waals surface area contributed by atoms with Gasteiger partial charge in [0.05, 0.1) is 5.69 Å². The summed E-state index contributed by atoms with van der Waals surface area (Å²) in [6.45, 7) is 6.22. The number of methoxy groups -OCH3 is 1. The van der Waals surface area contributed by atoms with Crippen molar-refractivity contribution in [1.82, 2.24) is 10.3 Å². The van der Waals surface area contributed by atoms with Gasteiger partial charge in [-0.1, -0.05) is 44.2 Å². The molecular weight excluding hydrogens is 280 g/mol. The van der Waals surface area contributed by atoms with Gasteiger partial charge in [-0.3, -0.25) is 0 Å². The number of thiazole rings is 1. The molecular formula is C17H24N2OS. The molecule has 0 saturated heterocycles. The topological polar surface area (TPSA) is 34.1 Å². The number of aromatic nitrogens is 1. The Morgan fingerprint density at radius 3 is 2.62 bits per heavy atom. The maximum Gasteiger partial charge on any atom is 0.123 e. The van der Waals surface area contributed by atoms with Crippen LogP contribution in [0.1, 0.15) is 42.7 Å². The van der Waals surface area contributed by atoms with Gasteiger partial charge in [0.2, 0.25) is 0 Å². The van der Waals surface area contributed by atoms with Gasteiger partial charge in [-0.15, -0.1) is 11.3 Å². The molecule has 4 heteroatoms. The summed E-state index contributed by atoms with van der Waals surface area (Å²) in [5.74, 6) is 0. The standard InChI is InChI=1S/C17H24N2OS/c1-4-11-18-12-15-16(13-9-7-6-8-10-13)19-17(21-15)14(5-2)20-3/h6-10,14,18H,4-5,11-12H2,1-3H3. The number of rotatable bonds is 8. The molecule has 0 amide bonds. The fourth-order valence-electron chi connectivity index (χ4n) is 2.27. The minimum atomic E-state index is 0.0948. The summed E-state index contributed by atoms with van der Waals surface area (Å²) in [5, 5.41) is 4.56. The van der Waals surface area contributed by atoms with Crippen LogP contribution in [-0.4, -0.2) is 18.6 Å². The van der Waals surface area contributed by atoms with Crippen molar-refractivity contribution in [2.24, 2.45) is 0 Å². The molecule has 21 heavy (non-hydrogen) atoms. The van der Waals surface area contributed by atoms with Crippen LogP contribution in [0, 0.1) is 0 Å². The first kappa shape index (κ1) is 16.1. The Morgan fingerprint density at radius 1 is 1.24 bits per heavy atom. The first-order valence-corrected chi connectivity index (χ1v) is 8.40. The summed E-state index contributed by atoms with van der Waals surface area (Å²) in [4.78, 5) is 6.15. The van der Waals surface area contributed by atoms with Crippen LogP contribution in [0.15, 0.2) is 30.3 Å². The van der Waals surface area contributed by atoms with Gasteiger partial charge in [-0.2, -0.15) is 0 Å². The smallest absolute Gasteiger partial charge is 0.123 e. The van der Waals surface area contributed by atoms with Crippen molar-refractivity contribution in [2.75, 3.05) is 13.7 Å². The van der Waals surface area contributed by atoms with Crippen molar-refractivity contribution < 1.29 is 4.74 Å². The predicted octanol–water partition coefficient (Wildman–Crippen LogP) is 4.41. The van der Waals surface area contributed by atoms with Gasteiger partial charge < -0.3 is 10.1 Å². The van der Waals surface area contributed by atoms with E-state index in [4.69, 9.17) is 9.72 Å². The van der Waals surface area contributed by atoms with Gasteiger partial charge in [-0.25, -0.2) is 4.98 Å². The number of ether oxygens (including phenoxy) is 1. The van der Waals surface area contributed by atoms with Crippen molar-refractivity contribution in [3.05, 3.63) is 40.2 Å². The lowest BCUT2D eigenvalue weighted by molar-refractivity contribution is 0.0998. The van der Waals surface area contributed by atoms with E-state index in [1.54, 1.807) is 18.4 Å². The van der Waals surface area contributed by atoms with Crippen LogP contribution < -0.4 is 5.32 Å². The van der Waals surface area contributed by atoms with Crippen molar-refractivity contribution in [3.8, 4) is 11.3 Å². The minimum absolute atomic E-state index is 0.0948. The summed E-state index contributed by atoms with van der Waals surface area (Å²) >= 11 is 1.76. The van der Waals surface area contributed by atoms with Crippen LogP contribution in [0.25, 0.3) is 11.3 Å². The Balaban J connectivity index is 2.31. The second-order valence-corrected chi connectivity index (χ2v) is 6.11. The van der Waals surface area contributed by atoms with Crippen LogP contribution in [-0.2, 0) is 11.3 Å². The van der Waals surface area contributed by atoms with Crippen LogP contribution in [0.3, 0.4) is 0 Å². The van der Waals surface area contributed by atoms with E-state index < -0.39 is 0 Å². The van der Waals surface area contributed by atoms with Crippen LogP contribution >= 0.6 is 11.3 Å². The molecule has 1 aromatic heterocycles. The van der Waals surface area contributed by atoms with Gasteiger partial charge in [0.1, 0.15) is 11.1 Å². The number of hydrogen-bond acceptors (Lipinski definition) is 4. The number of benzene rings is 1. The summed E-state index contributed by atoms with van der Waals surface area (Å²) < 4.78 is 5.54. The van der Waals surface area contributed by atoms with Gasteiger partial charge >= 0.3 is 0 Å². The molecule has 114 valence electrons. The summed E-state index contributed by atoms with van der Waals surface area (Å²) in [6, 6.07) is 10.4. The van der Waals surface area contributed by atoms with Crippen molar-refractivity contribution in [3.63, 3.8) is 0 Å². The lowest BCUT2D eigenvalue weighted by atomic mass is 10.1. The van der Waals surface area contributed by atoms with E-state index in [0.29, 0.717) is 0 Å². The largest absolute Gasteiger partial charge is 0.374 e. The fourth-order valence-corrected chi connectivity index (χ4v) is 3.49. The fraction of sp³-hybridized carbons (Fsp3) is 0.471. The molecule has 0 fully saturated rings. The second-order valence-electron chi connectivity index (χ2n) is 5.00. The van der Waals surface area contributed by atoms with E-state index in [1.165, 1.54) is 10.4 Å². The van der Waals surface area contributed by atoms with E-state index in [0.717, 1.165) is 36.6 Å². The third-order valence-corrected chi connectivity index (χ3v) is 4.55. The molecule has 0 aliphatic carbocycles. The van der Waals surface area contributed by atoms with Crippen molar-refractivity contribution in [2.45, 2.75) is 39.3 Å². The highest BCUT2D eigenvalue weighted by Crippen LogP contribution is 2.33. The third kappa shape index (κ3) is 4.13. The van der Waals surface area contributed by atoms with Crippen molar-refractivity contribution in [1.29, 1.82) is 0 Å². The molecule has 0 bridgehead atoms. The molecule has 0 aliphatic rings. The third-order valence-electron chi connectivity index (χ3n) is 3.40. The highest BCUT2D eigenvalue weighted by molar-refractivity contribution is 7.12. The Kier molecular flexibility index (Phi) is 6.36. The average Bonchev–Trinajstić information content (AvgIpc) is 2.94. The summed E-state index contributed by atoms with van der Waals surface area (Å²) in [7, 11) is 1.76. The summed E-state index contributed by atoms with van der Waals surface area (Å²) in [5.41, 5.74) is 2.27. The Bertz CT molecular complexity index is 535. The molecule has 3 nitrogen and oxygen atoms in total. The first-order valence-electron chi connectivity index (χ1n) is 7.58. The minimum Gasteiger partial charge on any atom is -0.374 e. The first-order chi connectivity index (χ1) is 10.3. The Hall–Kier alpha value is -1.23. The highest BCUT2D eigenvalue weighted by atomic mass is 32.1. The second kappa shape index (κ2) is 8.27. The highest BCUT2D eigenvalue weighted by Gasteiger charge is 2.18. The molecule has 1 atom stereocenters. The quantitative estimate of drug-likeness (QED) is 0.734. The van der Waals surface area contributed by atoms with Crippen LogP contribution in [0.2, 0.25) is 0 Å². The number of nitrogens with one attached hydrogen (secondary N) is 1. The van der Waals surface area contributed by atoms with Gasteiger partial charge in [0.25, 0.3) is 0 Å². The van der Waals surface area contributed by atoms with Crippen molar-refractivity contribution >= 4 is 11.3 Å². The van der Waals surface area contributed by atoms with E-state index >= 15 is 0 Å². The molecule has 2 aromatic rings. The predicted molar refractivity (Wildman–Crippen MR) is 89.6 cm³/mol. The maximum absolute atomic E-state index is 5.54. The molecule has 1 heterocycles. The SMILES string of the molecule is CCCNCc1sc(C(CC)OC)nc1-c1ccccc1. The maximum atomic E-state index is 5.54. The van der Waals surface area contributed by atoms with Crippen LogP contribution in [0.4, 0.5) is 0 Å². The monoisotopic (exact) mass is 304 g/mol. The average molecular weight is 304 g/mol. The van der Waals surface area contributed by atoms with E-state index in [2.05, 4.69) is 43.4 Å². The molecule has 1 N–H and O–H groups in total. The molecule has 1 unspecified atom stereocenters. The van der Waals surface area contributed by atoms with E-state index in [1.807, 2.05) is 6.07 Å². The molecule has 2 rings (SSSR count). The lowest BCUT2D eigenvalue weighted by Gasteiger charge is -2.08. The lowest BCUT2D eigenvalue weighted by Crippen LogP contribution is -2.13. The van der Waals surface area contributed by atoms with Gasteiger partial charge in [0, 0.05) is 24.1 Å². The zero-order valence-electron chi connectivity index (χ0n) is 13.1. The zero-order valence-corrected chi connectivity index (χ0v) is 13.9. The van der Waals surface area contributed by atoms with Gasteiger partial charge in [0.15, 0.2) is 0 Å². The van der Waals surface area contributed by atoms with E-state index in [-0.39, 0.29) is 6.10 Å². The number of nitrogens with zero attached hydrogens (tertiary/aromatic N) is 1. The molecule has 0 spiro atoms. The molecule has 0 radical (unpaired) electrons. The summed E-state index contributed by atoms with van der Waals surface area (Å²) in [6.07, 6.45) is 2.18. The number of hydrogen-bond donors (Lipinski definition) is 1. The van der Waals surface area contributed by atoms with Crippen LogP contribution in [0.5, 0.6) is 0 Å². The normalized spacial score (nSPS) is 12.5. The Labute approximate surface area is 131 Å². The molecule has 0 saturated carbocycles. The van der Waals surface area contributed by atoms with Gasteiger partial charge in [-0.05, 0) is 19.4 Å². The Morgan fingerprint density at radius 2 is 2.00 bits per heavy atom. The zero-order chi connectivity index (χ0) is 15.1.